The largest absolute Gasteiger partial charge is 0.493 e. The highest BCUT2D eigenvalue weighted by Crippen LogP contribution is 2.39. The molecule has 1 N–H and O–H groups in total. The molecular formula is C20H20N2O3. The minimum absolute atomic E-state index is 0.585. The molecule has 2 aromatic carbocycles. The Morgan fingerprint density at radius 3 is 2.36 bits per heavy atom. The third-order valence-electron chi connectivity index (χ3n) is 4.62. The number of hydrogen-bond acceptors (Lipinski definition) is 4. The van der Waals surface area contributed by atoms with Gasteiger partial charge in [0.1, 0.15) is 0 Å². The Labute approximate surface area is 146 Å². The predicted octanol–water partition coefficient (Wildman–Crippen LogP) is 3.59. The molecule has 3 aromatic rings. The van der Waals surface area contributed by atoms with Crippen molar-refractivity contribution in [2.45, 2.75) is 6.42 Å². The number of methoxy groups -OCH3 is 3. The molecule has 0 bridgehead atoms. The molecule has 0 aliphatic carbocycles. The number of fused-ring (bicyclic) bond motifs is 3. The van der Waals surface area contributed by atoms with Crippen LogP contribution in [-0.4, -0.2) is 38.6 Å². The van der Waals surface area contributed by atoms with Gasteiger partial charge in [-0.1, -0.05) is 18.2 Å². The Balaban J connectivity index is 1.90. The Kier molecular flexibility index (Phi) is 3.84. The van der Waals surface area contributed by atoms with Crippen molar-refractivity contribution in [3.05, 3.63) is 53.2 Å². The molecule has 25 heavy (non-hydrogen) atoms. The van der Waals surface area contributed by atoms with Crippen LogP contribution in [0.25, 0.3) is 10.9 Å². The Morgan fingerprint density at radius 2 is 1.68 bits per heavy atom. The summed E-state index contributed by atoms with van der Waals surface area (Å²) in [5.74, 6) is 1.84. The summed E-state index contributed by atoms with van der Waals surface area (Å²) >= 11 is 0. The third-order valence-corrected chi connectivity index (χ3v) is 4.62. The number of benzene rings is 2. The van der Waals surface area contributed by atoms with E-state index in [1.807, 2.05) is 18.2 Å². The molecule has 5 heteroatoms. The van der Waals surface area contributed by atoms with Crippen molar-refractivity contribution in [2.24, 2.45) is 4.99 Å². The lowest BCUT2D eigenvalue weighted by Crippen LogP contribution is -2.14. The van der Waals surface area contributed by atoms with E-state index in [-0.39, 0.29) is 0 Å². The van der Waals surface area contributed by atoms with Crippen LogP contribution in [0.3, 0.4) is 0 Å². The second kappa shape index (κ2) is 6.16. The molecule has 0 atom stereocenters. The molecule has 0 spiro atoms. The fraction of sp³-hybridized carbons (Fsp3) is 0.250. The van der Waals surface area contributed by atoms with E-state index >= 15 is 0 Å². The number of nitrogens with one attached hydrogen (secondary N) is 1. The van der Waals surface area contributed by atoms with Crippen LogP contribution >= 0.6 is 0 Å². The molecular weight excluding hydrogens is 316 g/mol. The first kappa shape index (κ1) is 15.6. The number of hydrogen-bond donors (Lipinski definition) is 1. The van der Waals surface area contributed by atoms with Gasteiger partial charge >= 0.3 is 0 Å². The Morgan fingerprint density at radius 1 is 0.960 bits per heavy atom. The summed E-state index contributed by atoms with van der Waals surface area (Å²) in [4.78, 5) is 8.30. The van der Waals surface area contributed by atoms with E-state index < -0.39 is 0 Å². The molecule has 0 fully saturated rings. The highest BCUT2D eigenvalue weighted by Gasteiger charge is 2.23. The predicted molar refractivity (Wildman–Crippen MR) is 98.6 cm³/mol. The molecule has 0 saturated carbocycles. The number of nitrogens with zero attached hydrogens (tertiary/aromatic N) is 1. The molecule has 1 aromatic heterocycles. The van der Waals surface area contributed by atoms with Crippen molar-refractivity contribution >= 4 is 16.6 Å². The molecule has 1 aliphatic rings. The molecule has 0 saturated heterocycles. The average molecular weight is 336 g/mol. The van der Waals surface area contributed by atoms with E-state index in [0.717, 1.165) is 35.5 Å². The summed E-state index contributed by atoms with van der Waals surface area (Å²) in [6, 6.07) is 12.3. The van der Waals surface area contributed by atoms with Crippen LogP contribution in [0, 0.1) is 0 Å². The lowest BCUT2D eigenvalue weighted by Gasteiger charge is -2.17. The monoisotopic (exact) mass is 336 g/mol. The van der Waals surface area contributed by atoms with Crippen LogP contribution in [0.5, 0.6) is 17.2 Å². The zero-order valence-electron chi connectivity index (χ0n) is 14.6. The van der Waals surface area contributed by atoms with Gasteiger partial charge in [0.05, 0.1) is 32.7 Å². The van der Waals surface area contributed by atoms with E-state index in [4.69, 9.17) is 19.2 Å². The quantitative estimate of drug-likeness (QED) is 0.792. The van der Waals surface area contributed by atoms with E-state index in [9.17, 15) is 0 Å². The summed E-state index contributed by atoms with van der Waals surface area (Å²) in [6.45, 7) is 0.765. The van der Waals surface area contributed by atoms with E-state index in [1.54, 1.807) is 21.3 Å². The van der Waals surface area contributed by atoms with Crippen LogP contribution in [0.1, 0.15) is 16.8 Å². The number of rotatable bonds is 4. The fourth-order valence-electron chi connectivity index (χ4n) is 3.47. The molecule has 2 heterocycles. The van der Waals surface area contributed by atoms with E-state index in [2.05, 4.69) is 23.2 Å². The van der Waals surface area contributed by atoms with Crippen molar-refractivity contribution in [1.82, 2.24) is 4.98 Å². The lowest BCUT2D eigenvalue weighted by molar-refractivity contribution is 0.324. The van der Waals surface area contributed by atoms with Crippen LogP contribution in [0.15, 0.2) is 41.4 Å². The van der Waals surface area contributed by atoms with Gasteiger partial charge in [-0.15, -0.1) is 0 Å². The first-order valence-corrected chi connectivity index (χ1v) is 8.21. The Hall–Kier alpha value is -2.95. The molecule has 4 rings (SSSR count). The highest BCUT2D eigenvalue weighted by molar-refractivity contribution is 6.16. The zero-order chi connectivity index (χ0) is 17.4. The summed E-state index contributed by atoms with van der Waals surface area (Å²) in [6.07, 6.45) is 0.938. The van der Waals surface area contributed by atoms with Gasteiger partial charge in [-0.2, -0.15) is 0 Å². The number of aromatic nitrogens is 1. The van der Waals surface area contributed by atoms with Crippen molar-refractivity contribution in [3.8, 4) is 17.2 Å². The molecule has 128 valence electrons. The SMILES string of the molecule is COc1cc(C2=NCCc3c2[nH]c2ccccc32)cc(OC)c1OC. The van der Waals surface area contributed by atoms with Crippen molar-refractivity contribution < 1.29 is 14.2 Å². The lowest BCUT2D eigenvalue weighted by atomic mass is 9.97. The minimum Gasteiger partial charge on any atom is -0.493 e. The summed E-state index contributed by atoms with van der Waals surface area (Å²) < 4.78 is 16.4. The van der Waals surface area contributed by atoms with Gasteiger partial charge in [0.15, 0.2) is 11.5 Å². The van der Waals surface area contributed by atoms with E-state index in [0.29, 0.717) is 17.2 Å². The first-order chi connectivity index (χ1) is 12.3. The van der Waals surface area contributed by atoms with Crippen LogP contribution in [0.2, 0.25) is 0 Å². The smallest absolute Gasteiger partial charge is 0.203 e. The normalized spacial score (nSPS) is 13.3. The summed E-state index contributed by atoms with van der Waals surface area (Å²) in [5.41, 5.74) is 5.39. The third kappa shape index (κ3) is 2.43. The molecule has 0 radical (unpaired) electrons. The number of para-hydroxylation sites is 1. The number of ether oxygens (including phenoxy) is 3. The molecule has 1 aliphatic heterocycles. The molecule has 5 nitrogen and oxygen atoms in total. The standard InChI is InChI=1S/C20H20N2O3/c1-23-16-10-12(11-17(24-2)20(16)25-3)18-19-14(8-9-21-18)13-6-4-5-7-15(13)22-19/h4-7,10-11,22H,8-9H2,1-3H3. The fourth-order valence-corrected chi connectivity index (χ4v) is 3.47. The number of aliphatic imine (C=N–C) groups is 1. The van der Waals surface area contributed by atoms with Gasteiger partial charge in [0, 0.05) is 23.0 Å². The average Bonchev–Trinajstić information content (AvgIpc) is 3.05. The second-order valence-electron chi connectivity index (χ2n) is 5.92. The molecule has 0 unspecified atom stereocenters. The minimum atomic E-state index is 0.585. The second-order valence-corrected chi connectivity index (χ2v) is 5.92. The highest BCUT2D eigenvalue weighted by atomic mass is 16.5. The molecule has 0 amide bonds. The topological polar surface area (TPSA) is 55.8 Å². The van der Waals surface area contributed by atoms with Gasteiger partial charge in [-0.25, -0.2) is 0 Å². The number of aromatic amines is 1. The maximum atomic E-state index is 5.49. The van der Waals surface area contributed by atoms with Crippen molar-refractivity contribution in [2.75, 3.05) is 27.9 Å². The van der Waals surface area contributed by atoms with Gasteiger partial charge in [0.2, 0.25) is 5.75 Å². The Bertz CT molecular complexity index is 947. The summed E-state index contributed by atoms with van der Waals surface area (Å²) in [7, 11) is 4.85. The van der Waals surface area contributed by atoms with Crippen LogP contribution < -0.4 is 14.2 Å². The van der Waals surface area contributed by atoms with Crippen molar-refractivity contribution in [3.63, 3.8) is 0 Å². The summed E-state index contributed by atoms with van der Waals surface area (Å²) in [5, 5.41) is 1.26. The van der Waals surface area contributed by atoms with Gasteiger partial charge in [-0.05, 0) is 30.2 Å². The van der Waals surface area contributed by atoms with Crippen LogP contribution in [-0.2, 0) is 6.42 Å². The number of H-pyrrole nitrogens is 1. The van der Waals surface area contributed by atoms with Gasteiger partial charge in [-0.3, -0.25) is 4.99 Å². The maximum absolute atomic E-state index is 5.49. The zero-order valence-corrected chi connectivity index (χ0v) is 14.6. The van der Waals surface area contributed by atoms with Gasteiger partial charge < -0.3 is 19.2 Å². The van der Waals surface area contributed by atoms with E-state index in [1.165, 1.54) is 10.9 Å². The maximum Gasteiger partial charge on any atom is 0.203 e. The first-order valence-electron chi connectivity index (χ1n) is 8.21. The van der Waals surface area contributed by atoms with Crippen molar-refractivity contribution in [1.29, 1.82) is 0 Å². The van der Waals surface area contributed by atoms with Gasteiger partial charge in [0.25, 0.3) is 0 Å². The van der Waals surface area contributed by atoms with Crippen LogP contribution in [0.4, 0.5) is 0 Å².